The van der Waals surface area contributed by atoms with Crippen molar-refractivity contribution in [1.82, 2.24) is 9.88 Å². The summed E-state index contributed by atoms with van der Waals surface area (Å²) in [6, 6.07) is 3.00. The van der Waals surface area contributed by atoms with Crippen molar-refractivity contribution < 1.29 is 22.7 Å². The molecule has 1 aromatic rings. The van der Waals surface area contributed by atoms with Gasteiger partial charge in [-0.15, -0.1) is 0 Å². The number of nitrogens with zero attached hydrogens (tertiary/aromatic N) is 2. The average Bonchev–Trinajstić information content (AvgIpc) is 2.25. The van der Waals surface area contributed by atoms with Gasteiger partial charge in [-0.25, -0.2) is 4.98 Å². The fourth-order valence-electron chi connectivity index (χ4n) is 1.09. The van der Waals surface area contributed by atoms with Crippen LogP contribution in [0.4, 0.5) is 13.2 Å². The number of aromatic nitrogens is 1. The molecule has 0 bridgehead atoms. The van der Waals surface area contributed by atoms with Crippen molar-refractivity contribution in [3.8, 4) is 5.75 Å². The Hall–Kier alpha value is -1.50. The number of pyridine rings is 1. The molecule has 0 radical (unpaired) electrons. The van der Waals surface area contributed by atoms with Gasteiger partial charge in [-0.2, -0.15) is 13.2 Å². The quantitative estimate of drug-likeness (QED) is 0.795. The van der Waals surface area contributed by atoms with Crippen LogP contribution in [-0.2, 0) is 4.79 Å². The summed E-state index contributed by atoms with van der Waals surface area (Å²) in [5.41, 5.74) is 0. The van der Waals surface area contributed by atoms with Gasteiger partial charge in [0.2, 0.25) is 0 Å². The SMILES string of the molecule is CN(CC(F)(F)F)C(=O)COc1cccnc1Cl. The second-order valence-corrected chi connectivity index (χ2v) is 3.80. The highest BCUT2D eigenvalue weighted by atomic mass is 35.5. The molecule has 0 aromatic carbocycles. The molecule has 8 heteroatoms. The van der Waals surface area contributed by atoms with Crippen molar-refractivity contribution in [2.45, 2.75) is 6.18 Å². The molecule has 0 saturated carbocycles. The minimum Gasteiger partial charge on any atom is -0.481 e. The third-order valence-electron chi connectivity index (χ3n) is 1.92. The fraction of sp³-hybridized carbons (Fsp3) is 0.400. The van der Waals surface area contributed by atoms with Crippen LogP contribution in [0, 0.1) is 0 Å². The number of halogens is 4. The summed E-state index contributed by atoms with van der Waals surface area (Å²) in [5.74, 6) is -0.653. The van der Waals surface area contributed by atoms with E-state index in [1.54, 1.807) is 0 Å². The highest BCUT2D eigenvalue weighted by Crippen LogP contribution is 2.20. The van der Waals surface area contributed by atoms with Crippen molar-refractivity contribution in [2.75, 3.05) is 20.2 Å². The molecule has 4 nitrogen and oxygen atoms in total. The Kier molecular flexibility index (Phi) is 4.77. The number of ether oxygens (including phenoxy) is 1. The monoisotopic (exact) mass is 282 g/mol. The van der Waals surface area contributed by atoms with E-state index in [1.165, 1.54) is 18.3 Å². The Labute approximate surface area is 106 Å². The maximum Gasteiger partial charge on any atom is 0.406 e. The first kappa shape index (κ1) is 14.6. The maximum absolute atomic E-state index is 12.0. The predicted molar refractivity (Wildman–Crippen MR) is 58.4 cm³/mol. The molecule has 1 aromatic heterocycles. The van der Waals surface area contributed by atoms with E-state index in [0.717, 1.165) is 7.05 Å². The van der Waals surface area contributed by atoms with E-state index in [2.05, 4.69) is 4.98 Å². The largest absolute Gasteiger partial charge is 0.481 e. The van der Waals surface area contributed by atoms with Crippen LogP contribution < -0.4 is 4.74 Å². The lowest BCUT2D eigenvalue weighted by Gasteiger charge is -2.19. The Morgan fingerprint density at radius 1 is 1.56 bits per heavy atom. The van der Waals surface area contributed by atoms with E-state index >= 15 is 0 Å². The summed E-state index contributed by atoms with van der Waals surface area (Å²) < 4.78 is 41.1. The van der Waals surface area contributed by atoms with Crippen LogP contribution in [0.15, 0.2) is 18.3 Å². The second-order valence-electron chi connectivity index (χ2n) is 3.45. The zero-order valence-electron chi connectivity index (χ0n) is 9.37. The number of carbonyl (C=O) groups excluding carboxylic acids is 1. The van der Waals surface area contributed by atoms with Crippen LogP contribution in [0.25, 0.3) is 0 Å². The first-order valence-corrected chi connectivity index (χ1v) is 5.21. The molecule has 0 aliphatic rings. The van der Waals surface area contributed by atoms with E-state index in [1.807, 2.05) is 0 Å². The van der Waals surface area contributed by atoms with Gasteiger partial charge in [-0.1, -0.05) is 11.6 Å². The molecule has 100 valence electrons. The molecule has 1 amide bonds. The van der Waals surface area contributed by atoms with Crippen molar-refractivity contribution in [2.24, 2.45) is 0 Å². The van der Waals surface area contributed by atoms with E-state index < -0.39 is 25.2 Å². The summed E-state index contributed by atoms with van der Waals surface area (Å²) in [4.78, 5) is 15.6. The molecule has 0 aliphatic carbocycles. The molecular formula is C10H10ClF3N2O2. The third kappa shape index (κ3) is 4.79. The average molecular weight is 283 g/mol. The predicted octanol–water partition coefficient (Wildman–Crippen LogP) is 2.13. The summed E-state index contributed by atoms with van der Waals surface area (Å²) in [6.45, 7) is -1.85. The Bertz CT molecular complexity index is 426. The van der Waals surface area contributed by atoms with E-state index in [4.69, 9.17) is 16.3 Å². The normalized spacial score (nSPS) is 11.2. The van der Waals surface area contributed by atoms with Gasteiger partial charge in [-0.3, -0.25) is 4.79 Å². The first-order valence-electron chi connectivity index (χ1n) is 4.83. The van der Waals surface area contributed by atoms with Gasteiger partial charge in [0, 0.05) is 13.2 Å². The Balaban J connectivity index is 2.49. The summed E-state index contributed by atoms with van der Waals surface area (Å²) >= 11 is 5.65. The van der Waals surface area contributed by atoms with Gasteiger partial charge in [0.25, 0.3) is 5.91 Å². The third-order valence-corrected chi connectivity index (χ3v) is 2.20. The van der Waals surface area contributed by atoms with E-state index in [0.29, 0.717) is 4.90 Å². The zero-order chi connectivity index (χ0) is 13.8. The van der Waals surface area contributed by atoms with E-state index in [-0.39, 0.29) is 10.9 Å². The second kappa shape index (κ2) is 5.90. The summed E-state index contributed by atoms with van der Waals surface area (Å²) in [7, 11) is 1.05. The van der Waals surface area contributed by atoms with Crippen LogP contribution in [0.1, 0.15) is 0 Å². The van der Waals surface area contributed by atoms with Gasteiger partial charge < -0.3 is 9.64 Å². The number of alkyl halides is 3. The molecule has 18 heavy (non-hydrogen) atoms. The standard InChI is InChI=1S/C10H10ClF3N2O2/c1-16(6-10(12,13)14)8(17)5-18-7-3-2-4-15-9(7)11/h2-4H,5-6H2,1H3. The maximum atomic E-state index is 12.0. The molecule has 1 rings (SSSR count). The number of hydrogen-bond acceptors (Lipinski definition) is 3. The van der Waals surface area contributed by atoms with Crippen LogP contribution >= 0.6 is 11.6 Å². The van der Waals surface area contributed by atoms with Gasteiger partial charge >= 0.3 is 6.18 Å². The van der Waals surface area contributed by atoms with Crippen LogP contribution in [0.3, 0.4) is 0 Å². The smallest absolute Gasteiger partial charge is 0.406 e. The number of carbonyl (C=O) groups is 1. The zero-order valence-corrected chi connectivity index (χ0v) is 10.1. The molecule has 0 N–H and O–H groups in total. The van der Waals surface area contributed by atoms with Crippen LogP contribution in [0.2, 0.25) is 5.15 Å². The van der Waals surface area contributed by atoms with Crippen molar-refractivity contribution in [1.29, 1.82) is 0 Å². The molecule has 0 fully saturated rings. The van der Waals surface area contributed by atoms with Crippen LogP contribution in [-0.4, -0.2) is 42.2 Å². The number of amides is 1. The highest BCUT2D eigenvalue weighted by Gasteiger charge is 2.31. The van der Waals surface area contributed by atoms with Gasteiger partial charge in [0.1, 0.15) is 6.54 Å². The number of likely N-dealkylation sites (N-methyl/N-ethyl adjacent to an activating group) is 1. The number of hydrogen-bond donors (Lipinski definition) is 0. The van der Waals surface area contributed by atoms with Gasteiger partial charge in [0.05, 0.1) is 0 Å². The minimum atomic E-state index is -4.43. The summed E-state index contributed by atoms with van der Waals surface area (Å²) in [5, 5.41) is 0.0452. The summed E-state index contributed by atoms with van der Waals surface area (Å²) in [6.07, 6.45) is -3.01. The molecule has 0 saturated heterocycles. The van der Waals surface area contributed by atoms with Crippen molar-refractivity contribution >= 4 is 17.5 Å². The molecule has 0 atom stereocenters. The molecule has 0 aliphatic heterocycles. The van der Waals surface area contributed by atoms with Crippen molar-refractivity contribution in [3.63, 3.8) is 0 Å². The lowest BCUT2D eigenvalue weighted by Crippen LogP contribution is -2.38. The van der Waals surface area contributed by atoms with Gasteiger partial charge in [0.15, 0.2) is 17.5 Å². The molecule has 0 unspecified atom stereocenters. The Morgan fingerprint density at radius 3 is 2.78 bits per heavy atom. The fourth-order valence-corrected chi connectivity index (χ4v) is 1.26. The number of rotatable bonds is 4. The Morgan fingerprint density at radius 2 is 2.22 bits per heavy atom. The van der Waals surface area contributed by atoms with E-state index in [9.17, 15) is 18.0 Å². The van der Waals surface area contributed by atoms with Crippen molar-refractivity contribution in [3.05, 3.63) is 23.5 Å². The molecule has 0 spiro atoms. The first-order chi connectivity index (χ1) is 8.29. The lowest BCUT2D eigenvalue weighted by atomic mass is 10.4. The van der Waals surface area contributed by atoms with Gasteiger partial charge in [-0.05, 0) is 12.1 Å². The highest BCUT2D eigenvalue weighted by molar-refractivity contribution is 6.30. The lowest BCUT2D eigenvalue weighted by molar-refractivity contribution is -0.159. The van der Waals surface area contributed by atoms with Crippen LogP contribution in [0.5, 0.6) is 5.75 Å². The topological polar surface area (TPSA) is 42.4 Å². The molecular weight excluding hydrogens is 273 g/mol. The molecule has 1 heterocycles. The minimum absolute atomic E-state index is 0.0452.